The number of allylic oxidation sites excluding steroid dienone is 4. The summed E-state index contributed by atoms with van der Waals surface area (Å²) in [6, 6.07) is 2.15. The SMILES string of the molecule is CC1(C)CC[C@]2(C(=O)Cl)CCC3[C@H](C(=O)C=C4[C@@]3(C)CC[C@H]3C(C)(C)C(=O)C(C#N)=C[C@]43C)C2C1. The quantitative estimate of drug-likeness (QED) is 0.385. The zero-order valence-corrected chi connectivity index (χ0v) is 22.7. The molecule has 0 radical (unpaired) electrons. The topological polar surface area (TPSA) is 75.0 Å². The van der Waals surface area contributed by atoms with E-state index in [-0.39, 0.29) is 56.9 Å². The van der Waals surface area contributed by atoms with Crippen LogP contribution in [0.4, 0.5) is 0 Å². The van der Waals surface area contributed by atoms with E-state index >= 15 is 0 Å². The minimum absolute atomic E-state index is 0.0303. The zero-order valence-electron chi connectivity index (χ0n) is 22.0. The molecule has 188 valence electrons. The van der Waals surface area contributed by atoms with Crippen molar-refractivity contribution < 1.29 is 14.4 Å². The lowest BCUT2D eigenvalue weighted by Crippen LogP contribution is -2.61. The Hall–Kier alpha value is -1.73. The monoisotopic (exact) mass is 495 g/mol. The average Bonchev–Trinajstić information content (AvgIpc) is 2.76. The van der Waals surface area contributed by atoms with Crippen LogP contribution in [0, 0.1) is 62.1 Å². The number of fused-ring (bicyclic) bond motifs is 7. The fourth-order valence-electron chi connectivity index (χ4n) is 9.62. The van der Waals surface area contributed by atoms with E-state index < -0.39 is 16.2 Å². The maximum atomic E-state index is 14.1. The highest BCUT2D eigenvalue weighted by Crippen LogP contribution is 2.70. The van der Waals surface area contributed by atoms with Crippen LogP contribution < -0.4 is 0 Å². The summed E-state index contributed by atoms with van der Waals surface area (Å²) < 4.78 is 0. The molecule has 0 bridgehead atoms. The van der Waals surface area contributed by atoms with Crippen molar-refractivity contribution in [2.75, 3.05) is 0 Å². The van der Waals surface area contributed by atoms with Gasteiger partial charge < -0.3 is 0 Å². The van der Waals surface area contributed by atoms with E-state index in [1.54, 1.807) is 0 Å². The van der Waals surface area contributed by atoms with Gasteiger partial charge in [0.15, 0.2) is 11.6 Å². The molecule has 0 amide bonds. The van der Waals surface area contributed by atoms with Gasteiger partial charge in [0.2, 0.25) is 5.24 Å². The molecule has 5 aliphatic carbocycles. The van der Waals surface area contributed by atoms with E-state index in [1.807, 2.05) is 26.0 Å². The molecule has 0 heterocycles. The van der Waals surface area contributed by atoms with Crippen molar-refractivity contribution in [3.8, 4) is 6.07 Å². The van der Waals surface area contributed by atoms with Crippen molar-refractivity contribution in [1.29, 1.82) is 5.26 Å². The van der Waals surface area contributed by atoms with Crippen LogP contribution in [0.25, 0.3) is 0 Å². The summed E-state index contributed by atoms with van der Waals surface area (Å²) >= 11 is 6.32. The molecular formula is C30H38ClNO3. The first-order chi connectivity index (χ1) is 16.1. The Kier molecular flexibility index (Phi) is 5.28. The average molecular weight is 496 g/mol. The number of Topliss-reactive ketones (excluding diaryl/α,β-unsaturated/α-hetero) is 1. The van der Waals surface area contributed by atoms with Gasteiger partial charge in [0.05, 0.1) is 5.57 Å². The Morgan fingerprint density at radius 3 is 2.31 bits per heavy atom. The summed E-state index contributed by atoms with van der Waals surface area (Å²) in [4.78, 5) is 40.1. The molecule has 5 rings (SSSR count). The van der Waals surface area contributed by atoms with E-state index in [0.717, 1.165) is 50.5 Å². The van der Waals surface area contributed by atoms with Crippen molar-refractivity contribution in [3.05, 3.63) is 23.3 Å². The lowest BCUT2D eigenvalue weighted by Gasteiger charge is -2.64. The first-order valence-electron chi connectivity index (χ1n) is 13.3. The van der Waals surface area contributed by atoms with Crippen molar-refractivity contribution in [3.63, 3.8) is 0 Å². The zero-order chi connectivity index (χ0) is 25.8. The number of nitriles is 1. The number of hydrogen-bond acceptors (Lipinski definition) is 4. The Labute approximate surface area is 214 Å². The van der Waals surface area contributed by atoms with E-state index in [9.17, 15) is 19.6 Å². The third-order valence-corrected chi connectivity index (χ3v) is 11.8. The van der Waals surface area contributed by atoms with Crippen LogP contribution in [0.1, 0.15) is 86.5 Å². The first-order valence-corrected chi connectivity index (χ1v) is 13.7. The van der Waals surface area contributed by atoms with Crippen molar-refractivity contribution in [1.82, 2.24) is 0 Å². The molecule has 3 saturated carbocycles. The Morgan fingerprint density at radius 1 is 1.00 bits per heavy atom. The standard InChI is InChI=1S/C30H38ClNO3/c1-26(2)11-12-30(25(31)35)10-7-18-23(19(30)15-26)20(33)13-22-28(18,5)9-8-21-27(3,4)24(34)17(16-32)14-29(21,22)6/h13-14,18-19,21,23H,7-12,15H2,1-6H3/t18?,19?,21-,23-,28-,29-,30+/m0/s1. The molecule has 35 heavy (non-hydrogen) atoms. The van der Waals surface area contributed by atoms with Crippen molar-refractivity contribution in [2.45, 2.75) is 86.5 Å². The molecule has 7 atom stereocenters. The molecule has 0 spiro atoms. The number of nitrogens with zero attached hydrogens (tertiary/aromatic N) is 1. The molecule has 4 nitrogen and oxygen atoms in total. The second-order valence-electron chi connectivity index (χ2n) is 14.0. The molecule has 2 unspecified atom stereocenters. The van der Waals surface area contributed by atoms with Crippen LogP contribution in [0.15, 0.2) is 23.3 Å². The molecule has 5 heteroatoms. The van der Waals surface area contributed by atoms with Crippen LogP contribution in [-0.2, 0) is 14.4 Å². The fraction of sp³-hybridized carbons (Fsp3) is 0.733. The lowest BCUT2D eigenvalue weighted by molar-refractivity contribution is -0.154. The highest BCUT2D eigenvalue weighted by Gasteiger charge is 2.66. The predicted octanol–water partition coefficient (Wildman–Crippen LogP) is 6.58. The normalized spacial score (nSPS) is 45.5. The third kappa shape index (κ3) is 3.13. The number of carbonyl (C=O) groups excluding carboxylic acids is 3. The lowest BCUT2D eigenvalue weighted by atomic mass is 9.38. The van der Waals surface area contributed by atoms with E-state index in [2.05, 4.69) is 33.8 Å². The number of halogens is 1. The Balaban J connectivity index is 1.66. The summed E-state index contributed by atoms with van der Waals surface area (Å²) in [6.45, 7) is 12.9. The molecule has 0 aromatic heterocycles. The van der Waals surface area contributed by atoms with Crippen LogP contribution in [0.5, 0.6) is 0 Å². The van der Waals surface area contributed by atoms with E-state index in [4.69, 9.17) is 11.6 Å². The predicted molar refractivity (Wildman–Crippen MR) is 135 cm³/mol. The van der Waals surface area contributed by atoms with Crippen LogP contribution >= 0.6 is 11.6 Å². The molecule has 0 aromatic rings. The molecule has 3 fully saturated rings. The molecule has 0 saturated heterocycles. The largest absolute Gasteiger partial charge is 0.295 e. The fourth-order valence-corrected chi connectivity index (χ4v) is 9.94. The Bertz CT molecular complexity index is 1140. The van der Waals surface area contributed by atoms with Gasteiger partial charge in [0, 0.05) is 22.2 Å². The molecular weight excluding hydrogens is 458 g/mol. The second kappa shape index (κ2) is 7.41. The maximum Gasteiger partial charge on any atom is 0.228 e. The van der Waals surface area contributed by atoms with Gasteiger partial charge >= 0.3 is 0 Å². The minimum Gasteiger partial charge on any atom is -0.295 e. The van der Waals surface area contributed by atoms with Crippen LogP contribution in [0.3, 0.4) is 0 Å². The number of rotatable bonds is 1. The highest BCUT2D eigenvalue weighted by molar-refractivity contribution is 6.64. The second-order valence-corrected chi connectivity index (χ2v) is 14.4. The summed E-state index contributed by atoms with van der Waals surface area (Å²) in [7, 11) is 0. The number of hydrogen-bond donors (Lipinski definition) is 0. The van der Waals surface area contributed by atoms with E-state index in [1.165, 1.54) is 0 Å². The van der Waals surface area contributed by atoms with Gasteiger partial charge in [-0.2, -0.15) is 5.26 Å². The van der Waals surface area contributed by atoms with Gasteiger partial charge in [-0.15, -0.1) is 0 Å². The molecule has 0 aromatic carbocycles. The summed E-state index contributed by atoms with van der Waals surface area (Å²) in [5.74, 6) is 0.00385. The van der Waals surface area contributed by atoms with Gasteiger partial charge in [-0.3, -0.25) is 14.4 Å². The van der Waals surface area contributed by atoms with Gasteiger partial charge in [-0.25, -0.2) is 0 Å². The summed E-state index contributed by atoms with van der Waals surface area (Å²) in [5, 5.41) is 9.53. The van der Waals surface area contributed by atoms with Crippen molar-refractivity contribution >= 4 is 28.4 Å². The number of carbonyl (C=O) groups is 3. The maximum absolute atomic E-state index is 14.1. The molecule has 0 N–H and O–H groups in total. The van der Waals surface area contributed by atoms with Gasteiger partial charge in [0.25, 0.3) is 0 Å². The highest BCUT2D eigenvalue weighted by atomic mass is 35.5. The van der Waals surface area contributed by atoms with Gasteiger partial charge in [-0.05, 0) is 91.2 Å². The minimum atomic E-state index is -0.656. The summed E-state index contributed by atoms with van der Waals surface area (Å²) in [6.07, 6.45) is 9.68. The van der Waals surface area contributed by atoms with Crippen molar-refractivity contribution in [2.24, 2.45) is 50.7 Å². The van der Waals surface area contributed by atoms with Gasteiger partial charge in [0.1, 0.15) is 6.07 Å². The number of ketones is 2. The van der Waals surface area contributed by atoms with E-state index in [0.29, 0.717) is 0 Å². The van der Waals surface area contributed by atoms with Crippen LogP contribution in [0.2, 0.25) is 0 Å². The first kappa shape index (κ1) is 24.9. The van der Waals surface area contributed by atoms with Gasteiger partial charge in [-0.1, -0.05) is 53.2 Å². The molecule has 0 aliphatic heterocycles. The van der Waals surface area contributed by atoms with Crippen LogP contribution in [-0.4, -0.2) is 16.8 Å². The summed E-state index contributed by atoms with van der Waals surface area (Å²) in [5.41, 5.74) is -0.576. The smallest absolute Gasteiger partial charge is 0.228 e. The molecule has 5 aliphatic rings. The third-order valence-electron chi connectivity index (χ3n) is 11.5. The Morgan fingerprint density at radius 2 is 1.69 bits per heavy atom.